The van der Waals surface area contributed by atoms with Crippen molar-refractivity contribution in [2.75, 3.05) is 24.7 Å². The molecule has 1 aromatic carbocycles. The van der Waals surface area contributed by atoms with E-state index in [0.717, 1.165) is 25.7 Å². The molecular formula is C29H37ClN2O5S. The number of benzene rings is 1. The van der Waals surface area contributed by atoms with Crippen LogP contribution in [0.25, 0.3) is 0 Å². The van der Waals surface area contributed by atoms with Crippen molar-refractivity contribution in [3.05, 3.63) is 54.6 Å². The average Bonchev–Trinajstić information content (AvgIpc) is 3.50. The summed E-state index contributed by atoms with van der Waals surface area (Å²) in [5, 5.41) is 10.6. The van der Waals surface area contributed by atoms with Gasteiger partial charge >= 0.3 is 5.97 Å². The van der Waals surface area contributed by atoms with Gasteiger partial charge in [0.1, 0.15) is 6.04 Å². The number of carbonyl (C=O) groups is 3. The number of rotatable bonds is 12. The van der Waals surface area contributed by atoms with Gasteiger partial charge in [0.2, 0.25) is 5.91 Å². The minimum atomic E-state index is -0.840. The van der Waals surface area contributed by atoms with Gasteiger partial charge in [0.15, 0.2) is 0 Å². The minimum Gasteiger partial charge on any atom is -0.465 e. The molecule has 1 spiro atoms. The van der Waals surface area contributed by atoms with Crippen LogP contribution in [-0.2, 0) is 19.1 Å². The summed E-state index contributed by atoms with van der Waals surface area (Å²) in [6.45, 7) is 11.6. The van der Waals surface area contributed by atoms with Crippen LogP contribution in [0.1, 0.15) is 39.5 Å². The molecule has 0 aromatic heterocycles. The Hall–Kier alpha value is -2.29. The normalized spacial score (nSPS) is 30.2. The van der Waals surface area contributed by atoms with E-state index in [1.54, 1.807) is 53.9 Å². The van der Waals surface area contributed by atoms with Gasteiger partial charge in [-0.2, -0.15) is 0 Å². The number of carbonyl (C=O) groups excluding carboxylic acids is 3. The van der Waals surface area contributed by atoms with Crippen LogP contribution in [0, 0.1) is 17.8 Å². The number of anilines is 1. The summed E-state index contributed by atoms with van der Waals surface area (Å²) < 4.78 is 4.88. The molecule has 3 fully saturated rings. The molecule has 3 aliphatic rings. The maximum Gasteiger partial charge on any atom is 0.310 e. The number of unbranched alkanes of at least 4 members (excludes halogenated alkanes) is 2. The Balaban J connectivity index is 1.71. The molecule has 9 heteroatoms. The fraction of sp³-hybridized carbons (Fsp3) is 0.552. The van der Waals surface area contributed by atoms with E-state index in [2.05, 4.69) is 20.1 Å². The summed E-state index contributed by atoms with van der Waals surface area (Å²) in [6, 6.07) is 5.54. The first-order valence-corrected chi connectivity index (χ1v) is 14.5. The molecule has 1 aromatic rings. The Morgan fingerprint density at radius 1 is 1.29 bits per heavy atom. The molecule has 7 atom stereocenters. The summed E-state index contributed by atoms with van der Waals surface area (Å²) in [5.74, 6) is -2.14. The van der Waals surface area contributed by atoms with Crippen LogP contribution in [0.15, 0.2) is 49.6 Å². The molecule has 0 aliphatic carbocycles. The van der Waals surface area contributed by atoms with Crippen LogP contribution in [0.4, 0.5) is 5.69 Å². The van der Waals surface area contributed by atoms with Gasteiger partial charge in [-0.3, -0.25) is 14.4 Å². The van der Waals surface area contributed by atoms with E-state index in [-0.39, 0.29) is 42.1 Å². The third kappa shape index (κ3) is 4.80. The first-order valence-electron chi connectivity index (χ1n) is 13.3. The van der Waals surface area contributed by atoms with E-state index < -0.39 is 28.7 Å². The predicted octanol–water partition coefficient (Wildman–Crippen LogP) is 4.48. The smallest absolute Gasteiger partial charge is 0.310 e. The second-order valence-corrected chi connectivity index (χ2v) is 12.5. The van der Waals surface area contributed by atoms with Crippen molar-refractivity contribution in [1.82, 2.24) is 4.90 Å². The van der Waals surface area contributed by atoms with Crippen molar-refractivity contribution in [3.63, 3.8) is 0 Å². The predicted molar refractivity (Wildman–Crippen MR) is 151 cm³/mol. The third-order valence-corrected chi connectivity index (χ3v) is 10.5. The van der Waals surface area contributed by atoms with Crippen molar-refractivity contribution in [1.29, 1.82) is 0 Å². The lowest BCUT2D eigenvalue weighted by atomic mass is 9.66. The molecule has 7 nitrogen and oxygen atoms in total. The Labute approximate surface area is 234 Å². The number of allylic oxidation sites excluding steroid dienone is 1. The number of fused-ring (bicyclic) bond motifs is 1. The van der Waals surface area contributed by atoms with Gasteiger partial charge in [-0.25, -0.2) is 0 Å². The number of ether oxygens (including phenoxy) is 1. The van der Waals surface area contributed by atoms with Crippen LogP contribution in [0.2, 0.25) is 5.02 Å². The number of esters is 1. The second-order valence-electron chi connectivity index (χ2n) is 10.5. The average molecular weight is 561 g/mol. The molecular weight excluding hydrogens is 524 g/mol. The highest BCUT2D eigenvalue weighted by Gasteiger charge is 2.77. The summed E-state index contributed by atoms with van der Waals surface area (Å²) in [4.78, 5) is 45.1. The van der Waals surface area contributed by atoms with Gasteiger partial charge in [0.05, 0.1) is 35.8 Å². The molecule has 0 saturated carbocycles. The second kappa shape index (κ2) is 11.8. The monoisotopic (exact) mass is 560 g/mol. The molecule has 4 rings (SSSR count). The number of thioether (sulfide) groups is 1. The summed E-state index contributed by atoms with van der Waals surface area (Å²) in [5.41, 5.74) is 0.642. The van der Waals surface area contributed by atoms with E-state index in [4.69, 9.17) is 16.3 Å². The summed E-state index contributed by atoms with van der Waals surface area (Å²) in [6.07, 6.45) is 6.67. The van der Waals surface area contributed by atoms with E-state index in [1.165, 1.54) is 4.90 Å². The SMILES string of the molecule is C=CCCCCOC(=O)[C@@H]1[C@@H]2CC(C)C3(S2)C(C(=O)N(CC=C)c2ccc(Cl)cc2)N([C@H](C)CO)C(=O)[C@H]13. The van der Waals surface area contributed by atoms with Gasteiger partial charge in [0.25, 0.3) is 5.91 Å². The maximum atomic E-state index is 14.4. The van der Waals surface area contributed by atoms with Crippen molar-refractivity contribution in [2.24, 2.45) is 17.8 Å². The first-order chi connectivity index (χ1) is 18.2. The number of halogens is 1. The van der Waals surface area contributed by atoms with Gasteiger partial charge in [-0.15, -0.1) is 24.9 Å². The summed E-state index contributed by atoms with van der Waals surface area (Å²) >= 11 is 7.69. The third-order valence-electron chi connectivity index (χ3n) is 8.19. The van der Waals surface area contributed by atoms with Crippen LogP contribution in [-0.4, -0.2) is 69.6 Å². The molecule has 2 bridgehead atoms. The quantitative estimate of drug-likeness (QED) is 0.230. The van der Waals surface area contributed by atoms with Crippen molar-refractivity contribution in [3.8, 4) is 0 Å². The fourth-order valence-electron chi connectivity index (χ4n) is 6.45. The lowest BCUT2D eigenvalue weighted by Gasteiger charge is -2.41. The standard InChI is InChI=1S/C29H37ClN2O5S/c1-5-7-8-9-15-37-28(36)23-22-16-18(3)29(38-22)24(23)26(34)32(19(4)17-33)25(29)27(35)31(14-6-2)21-12-10-20(30)11-13-21/h5-6,10-13,18-19,22-25,33H,1-2,7-9,14-17H2,3-4H3/t18?,19-,22+,23-,24+,25?,29?/m1/s1. The van der Waals surface area contributed by atoms with E-state index >= 15 is 0 Å². The minimum absolute atomic E-state index is 0.0173. The highest BCUT2D eigenvalue weighted by molar-refractivity contribution is 8.02. The van der Waals surface area contributed by atoms with Gasteiger partial charge in [0, 0.05) is 22.5 Å². The highest BCUT2D eigenvalue weighted by atomic mass is 35.5. The first kappa shape index (κ1) is 28.7. The van der Waals surface area contributed by atoms with Gasteiger partial charge < -0.3 is 19.6 Å². The Kier molecular flexibility index (Phi) is 8.95. The molecule has 2 amide bonds. The molecule has 3 aliphatic heterocycles. The van der Waals surface area contributed by atoms with Crippen molar-refractivity contribution in [2.45, 2.75) is 61.6 Å². The topological polar surface area (TPSA) is 87.2 Å². The molecule has 3 saturated heterocycles. The number of nitrogens with zero attached hydrogens (tertiary/aromatic N) is 2. The number of likely N-dealkylation sites (tertiary alicyclic amines) is 1. The molecule has 3 heterocycles. The molecule has 3 unspecified atom stereocenters. The van der Waals surface area contributed by atoms with Gasteiger partial charge in [-0.1, -0.05) is 30.7 Å². The Bertz CT molecular complexity index is 1080. The fourth-order valence-corrected chi connectivity index (χ4v) is 8.97. The van der Waals surface area contributed by atoms with Crippen LogP contribution >= 0.6 is 23.4 Å². The van der Waals surface area contributed by atoms with E-state index in [0.29, 0.717) is 17.3 Å². The zero-order chi connectivity index (χ0) is 27.6. The largest absolute Gasteiger partial charge is 0.465 e. The molecule has 206 valence electrons. The van der Waals surface area contributed by atoms with Crippen LogP contribution in [0.5, 0.6) is 0 Å². The maximum absolute atomic E-state index is 14.4. The lowest BCUT2D eigenvalue weighted by molar-refractivity contribution is -0.155. The van der Waals surface area contributed by atoms with Gasteiger partial charge in [-0.05, 0) is 62.8 Å². The van der Waals surface area contributed by atoms with E-state index in [1.807, 2.05) is 6.08 Å². The Morgan fingerprint density at radius 2 is 2.00 bits per heavy atom. The highest BCUT2D eigenvalue weighted by Crippen LogP contribution is 2.69. The Morgan fingerprint density at radius 3 is 2.63 bits per heavy atom. The number of aliphatic hydroxyl groups excluding tert-OH is 1. The molecule has 38 heavy (non-hydrogen) atoms. The zero-order valence-corrected chi connectivity index (χ0v) is 23.6. The number of aliphatic hydroxyl groups is 1. The zero-order valence-electron chi connectivity index (χ0n) is 22.1. The number of amides is 2. The van der Waals surface area contributed by atoms with Crippen LogP contribution < -0.4 is 4.90 Å². The van der Waals surface area contributed by atoms with Crippen molar-refractivity contribution < 1.29 is 24.2 Å². The van der Waals surface area contributed by atoms with E-state index in [9.17, 15) is 19.5 Å². The number of hydrogen-bond acceptors (Lipinski definition) is 6. The molecule has 0 radical (unpaired) electrons. The van der Waals surface area contributed by atoms with Crippen molar-refractivity contribution >= 4 is 46.8 Å². The summed E-state index contributed by atoms with van der Waals surface area (Å²) in [7, 11) is 0. The number of hydrogen-bond donors (Lipinski definition) is 1. The van der Waals surface area contributed by atoms with Crippen LogP contribution in [0.3, 0.4) is 0 Å². The molecule has 1 N–H and O–H groups in total. The lowest BCUT2D eigenvalue weighted by Crippen LogP contribution is -2.59.